The van der Waals surface area contributed by atoms with Crippen molar-refractivity contribution in [1.82, 2.24) is 0 Å². The SMILES string of the molecule is CC1(C)OB(c2cc(-c3cccc(F)c3)cs2)OC1(C)C. The van der Waals surface area contributed by atoms with Crippen molar-refractivity contribution >= 4 is 23.2 Å². The first-order chi connectivity index (χ1) is 9.78. The van der Waals surface area contributed by atoms with Gasteiger partial charge in [0, 0.05) is 4.78 Å². The van der Waals surface area contributed by atoms with E-state index in [4.69, 9.17) is 9.31 Å². The van der Waals surface area contributed by atoms with Gasteiger partial charge in [0.25, 0.3) is 0 Å². The first kappa shape index (κ1) is 14.8. The van der Waals surface area contributed by atoms with Gasteiger partial charge < -0.3 is 9.31 Å². The molecule has 0 N–H and O–H groups in total. The smallest absolute Gasteiger partial charge is 0.399 e. The quantitative estimate of drug-likeness (QED) is 0.785. The molecular weight excluding hydrogens is 286 g/mol. The molecule has 2 aromatic rings. The largest absolute Gasteiger partial charge is 0.505 e. The number of hydrogen-bond acceptors (Lipinski definition) is 3. The van der Waals surface area contributed by atoms with Gasteiger partial charge >= 0.3 is 7.12 Å². The molecule has 0 saturated carbocycles. The molecule has 0 spiro atoms. The number of halogens is 1. The molecule has 2 heterocycles. The van der Waals surface area contributed by atoms with Gasteiger partial charge in [-0.05, 0) is 62.4 Å². The summed E-state index contributed by atoms with van der Waals surface area (Å²) in [4.78, 5) is 0. The summed E-state index contributed by atoms with van der Waals surface area (Å²) >= 11 is 1.58. The van der Waals surface area contributed by atoms with Crippen LogP contribution in [0.3, 0.4) is 0 Å². The molecule has 0 bridgehead atoms. The highest BCUT2D eigenvalue weighted by Gasteiger charge is 2.52. The summed E-state index contributed by atoms with van der Waals surface area (Å²) in [5, 5.41) is 2.01. The molecule has 0 aliphatic carbocycles. The number of rotatable bonds is 2. The second-order valence-corrected chi connectivity index (χ2v) is 7.28. The van der Waals surface area contributed by atoms with Crippen molar-refractivity contribution in [3.63, 3.8) is 0 Å². The number of thiophene rings is 1. The molecule has 0 atom stereocenters. The predicted molar refractivity (Wildman–Crippen MR) is 85.4 cm³/mol. The molecule has 110 valence electrons. The third-order valence-electron chi connectivity index (χ3n) is 4.26. The second kappa shape index (κ2) is 4.94. The zero-order valence-electron chi connectivity index (χ0n) is 12.6. The highest BCUT2D eigenvalue weighted by Crippen LogP contribution is 2.37. The van der Waals surface area contributed by atoms with Gasteiger partial charge in [-0.1, -0.05) is 12.1 Å². The van der Waals surface area contributed by atoms with E-state index in [1.165, 1.54) is 12.1 Å². The van der Waals surface area contributed by atoms with E-state index in [1.807, 2.05) is 45.2 Å². The van der Waals surface area contributed by atoms with Crippen molar-refractivity contribution in [2.45, 2.75) is 38.9 Å². The molecule has 1 aliphatic heterocycles. The Morgan fingerprint density at radius 3 is 2.29 bits per heavy atom. The second-order valence-electron chi connectivity index (χ2n) is 6.34. The number of hydrogen-bond donors (Lipinski definition) is 0. The molecule has 21 heavy (non-hydrogen) atoms. The van der Waals surface area contributed by atoms with E-state index < -0.39 is 0 Å². The Labute approximate surface area is 129 Å². The normalized spacial score (nSPS) is 20.0. The Morgan fingerprint density at radius 2 is 1.67 bits per heavy atom. The Bertz CT molecular complexity index is 650. The summed E-state index contributed by atoms with van der Waals surface area (Å²) in [6.45, 7) is 8.14. The van der Waals surface area contributed by atoms with Gasteiger partial charge in [0.15, 0.2) is 0 Å². The van der Waals surface area contributed by atoms with Gasteiger partial charge in [-0.15, -0.1) is 0 Å². The molecule has 2 nitrogen and oxygen atoms in total. The first-order valence-electron chi connectivity index (χ1n) is 6.98. The van der Waals surface area contributed by atoms with Crippen LogP contribution in [0.25, 0.3) is 11.1 Å². The average molecular weight is 304 g/mol. The van der Waals surface area contributed by atoms with Crippen LogP contribution >= 0.6 is 11.3 Å². The standard InChI is InChI=1S/C16H18BFO2S/c1-15(2)16(3,4)20-17(19-15)14-9-12(10-21-14)11-6-5-7-13(18)8-11/h5-10H,1-4H3. The fraction of sp³-hybridized carbons (Fsp3) is 0.375. The van der Waals surface area contributed by atoms with Crippen LogP contribution < -0.4 is 4.78 Å². The van der Waals surface area contributed by atoms with Gasteiger partial charge in [-0.2, -0.15) is 11.3 Å². The van der Waals surface area contributed by atoms with Crippen LogP contribution in [0.4, 0.5) is 4.39 Å². The summed E-state index contributed by atoms with van der Waals surface area (Å²) < 4.78 is 26.4. The molecule has 1 aromatic carbocycles. The molecule has 1 fully saturated rings. The van der Waals surface area contributed by atoms with E-state index in [0.717, 1.165) is 15.9 Å². The van der Waals surface area contributed by atoms with Crippen LogP contribution in [0.5, 0.6) is 0 Å². The monoisotopic (exact) mass is 304 g/mol. The minimum atomic E-state index is -0.359. The maximum absolute atomic E-state index is 13.3. The maximum Gasteiger partial charge on any atom is 0.505 e. The van der Waals surface area contributed by atoms with Crippen molar-refractivity contribution in [2.75, 3.05) is 0 Å². The van der Waals surface area contributed by atoms with Gasteiger partial charge in [0.1, 0.15) is 5.82 Å². The lowest BCUT2D eigenvalue weighted by molar-refractivity contribution is 0.00578. The molecule has 1 aromatic heterocycles. The third kappa shape index (κ3) is 2.66. The van der Waals surface area contributed by atoms with Crippen LogP contribution in [-0.2, 0) is 9.31 Å². The van der Waals surface area contributed by atoms with Crippen LogP contribution in [0.1, 0.15) is 27.7 Å². The number of benzene rings is 1. The third-order valence-corrected chi connectivity index (χ3v) is 5.22. The lowest BCUT2D eigenvalue weighted by Gasteiger charge is -2.32. The highest BCUT2D eigenvalue weighted by molar-refractivity contribution is 7.21. The zero-order valence-corrected chi connectivity index (χ0v) is 13.5. The predicted octanol–water partition coefficient (Wildman–Crippen LogP) is 3.85. The van der Waals surface area contributed by atoms with Gasteiger partial charge in [0.2, 0.25) is 0 Å². The van der Waals surface area contributed by atoms with Crippen LogP contribution in [0.2, 0.25) is 0 Å². The summed E-state index contributed by atoms with van der Waals surface area (Å²) in [6.07, 6.45) is 0. The molecule has 1 saturated heterocycles. The summed E-state index contributed by atoms with van der Waals surface area (Å²) in [5.41, 5.74) is 1.17. The van der Waals surface area contributed by atoms with Gasteiger partial charge in [-0.25, -0.2) is 4.39 Å². The van der Waals surface area contributed by atoms with E-state index in [2.05, 4.69) is 0 Å². The van der Waals surface area contributed by atoms with Crippen molar-refractivity contribution in [1.29, 1.82) is 0 Å². The molecule has 5 heteroatoms. The van der Waals surface area contributed by atoms with E-state index in [9.17, 15) is 4.39 Å². The Kier molecular flexibility index (Phi) is 3.47. The van der Waals surface area contributed by atoms with Crippen LogP contribution in [0, 0.1) is 5.82 Å². The molecule has 0 amide bonds. The molecule has 3 rings (SSSR count). The first-order valence-corrected chi connectivity index (χ1v) is 7.86. The molecule has 0 unspecified atom stereocenters. The Balaban J connectivity index is 1.87. The van der Waals surface area contributed by atoms with Crippen LogP contribution in [0.15, 0.2) is 35.7 Å². The van der Waals surface area contributed by atoms with E-state index in [-0.39, 0.29) is 24.1 Å². The topological polar surface area (TPSA) is 18.5 Å². The fourth-order valence-corrected chi connectivity index (χ4v) is 3.12. The van der Waals surface area contributed by atoms with Crippen molar-refractivity contribution < 1.29 is 13.7 Å². The Morgan fingerprint density at radius 1 is 1.00 bits per heavy atom. The molecule has 0 radical (unpaired) electrons. The lowest BCUT2D eigenvalue weighted by Crippen LogP contribution is -2.41. The summed E-state index contributed by atoms with van der Waals surface area (Å²) in [5.74, 6) is -0.226. The fourth-order valence-electron chi connectivity index (χ4n) is 2.26. The summed E-state index contributed by atoms with van der Waals surface area (Å²) in [7, 11) is -0.359. The van der Waals surface area contributed by atoms with Gasteiger partial charge in [0.05, 0.1) is 11.2 Å². The zero-order chi connectivity index (χ0) is 15.3. The highest BCUT2D eigenvalue weighted by atomic mass is 32.1. The minimum absolute atomic E-state index is 0.226. The van der Waals surface area contributed by atoms with Crippen molar-refractivity contribution in [3.8, 4) is 11.1 Å². The van der Waals surface area contributed by atoms with Gasteiger partial charge in [-0.3, -0.25) is 0 Å². The average Bonchev–Trinajstić information content (AvgIpc) is 2.93. The van der Waals surface area contributed by atoms with E-state index in [1.54, 1.807) is 17.4 Å². The van der Waals surface area contributed by atoms with E-state index >= 15 is 0 Å². The van der Waals surface area contributed by atoms with Crippen molar-refractivity contribution in [3.05, 3.63) is 41.5 Å². The van der Waals surface area contributed by atoms with Crippen molar-refractivity contribution in [2.24, 2.45) is 0 Å². The minimum Gasteiger partial charge on any atom is -0.399 e. The van der Waals surface area contributed by atoms with E-state index in [0.29, 0.717) is 0 Å². The summed E-state index contributed by atoms with van der Waals surface area (Å²) in [6, 6.07) is 8.62. The lowest BCUT2D eigenvalue weighted by atomic mass is 9.87. The van der Waals surface area contributed by atoms with Crippen LogP contribution in [-0.4, -0.2) is 18.3 Å². The molecule has 1 aliphatic rings. The Hall–Kier alpha value is -1.17. The molecular formula is C16H18BFO2S. The maximum atomic E-state index is 13.3.